The number of carbonyl (C=O) groups is 2. The van der Waals surface area contributed by atoms with Gasteiger partial charge in [-0.05, 0) is 41.8 Å². The third kappa shape index (κ3) is 3.60. The number of nitrogens with one attached hydrogen (secondary N) is 1. The maximum absolute atomic E-state index is 12.9. The lowest BCUT2D eigenvalue weighted by atomic mass is 9.99. The van der Waals surface area contributed by atoms with Crippen LogP contribution in [-0.4, -0.2) is 17.0 Å². The van der Waals surface area contributed by atoms with Crippen molar-refractivity contribution in [3.05, 3.63) is 88.4 Å². The Balaban J connectivity index is 2.02. The van der Waals surface area contributed by atoms with Crippen LogP contribution in [0.4, 0.5) is 5.69 Å². The second kappa shape index (κ2) is 7.42. The molecule has 0 atom stereocenters. The summed E-state index contributed by atoms with van der Waals surface area (Å²) < 4.78 is 0. The van der Waals surface area contributed by atoms with Crippen molar-refractivity contribution in [3.8, 4) is 11.1 Å². The molecule has 0 aliphatic heterocycles. The first kappa shape index (κ1) is 17.7. The molecule has 0 radical (unpaired) electrons. The quantitative estimate of drug-likeness (QED) is 0.662. The number of amides is 1. The van der Waals surface area contributed by atoms with Crippen molar-refractivity contribution in [1.82, 2.24) is 0 Å². The Bertz CT molecular complexity index is 984. The number of carboxylic acid groups (broad SMARTS) is 1. The average molecular weight is 366 g/mol. The molecule has 0 spiro atoms. The number of aromatic carboxylic acids is 1. The van der Waals surface area contributed by atoms with Gasteiger partial charge in [-0.15, -0.1) is 0 Å². The van der Waals surface area contributed by atoms with Gasteiger partial charge in [-0.25, -0.2) is 4.79 Å². The first-order valence-electron chi connectivity index (χ1n) is 7.96. The van der Waals surface area contributed by atoms with E-state index in [1.165, 1.54) is 6.07 Å². The van der Waals surface area contributed by atoms with E-state index in [0.717, 1.165) is 11.1 Å². The van der Waals surface area contributed by atoms with E-state index >= 15 is 0 Å². The molecule has 2 N–H and O–H groups in total. The highest BCUT2D eigenvalue weighted by Gasteiger charge is 2.19. The summed E-state index contributed by atoms with van der Waals surface area (Å²) in [5.41, 5.74) is 2.93. The molecule has 0 fully saturated rings. The summed E-state index contributed by atoms with van der Waals surface area (Å²) in [5, 5.41) is 12.5. The summed E-state index contributed by atoms with van der Waals surface area (Å²) >= 11 is 5.95. The Morgan fingerprint density at radius 3 is 2.27 bits per heavy atom. The average Bonchev–Trinajstić information content (AvgIpc) is 2.64. The van der Waals surface area contributed by atoms with Gasteiger partial charge in [0.15, 0.2) is 0 Å². The lowest BCUT2D eigenvalue weighted by Gasteiger charge is -2.14. The van der Waals surface area contributed by atoms with Gasteiger partial charge in [0.1, 0.15) is 0 Å². The number of anilines is 1. The first-order valence-corrected chi connectivity index (χ1v) is 8.34. The second-order valence-electron chi connectivity index (χ2n) is 5.82. The zero-order chi connectivity index (χ0) is 18.7. The van der Waals surface area contributed by atoms with Gasteiger partial charge in [0.25, 0.3) is 5.91 Å². The van der Waals surface area contributed by atoms with E-state index in [-0.39, 0.29) is 17.2 Å². The lowest BCUT2D eigenvalue weighted by Crippen LogP contribution is -2.17. The fourth-order valence-corrected chi connectivity index (χ4v) is 3.08. The van der Waals surface area contributed by atoms with E-state index in [2.05, 4.69) is 5.32 Å². The van der Waals surface area contributed by atoms with Crippen molar-refractivity contribution in [3.63, 3.8) is 0 Å². The predicted octanol–water partition coefficient (Wildman–Crippen LogP) is 5.27. The predicted molar refractivity (Wildman–Crippen MR) is 103 cm³/mol. The van der Waals surface area contributed by atoms with Gasteiger partial charge in [-0.2, -0.15) is 0 Å². The Morgan fingerprint density at radius 1 is 0.923 bits per heavy atom. The van der Waals surface area contributed by atoms with Crippen LogP contribution in [0.2, 0.25) is 5.02 Å². The van der Waals surface area contributed by atoms with Crippen LogP contribution in [0.1, 0.15) is 26.3 Å². The Morgan fingerprint density at radius 2 is 1.58 bits per heavy atom. The van der Waals surface area contributed by atoms with Crippen LogP contribution in [0, 0.1) is 6.92 Å². The molecule has 0 heterocycles. The summed E-state index contributed by atoms with van der Waals surface area (Å²) in [6.45, 7) is 1.71. The number of aryl methyl sites for hydroxylation is 1. The van der Waals surface area contributed by atoms with Gasteiger partial charge in [-0.1, -0.05) is 60.1 Å². The molecule has 0 aromatic heterocycles. The van der Waals surface area contributed by atoms with Gasteiger partial charge < -0.3 is 10.4 Å². The fourth-order valence-electron chi connectivity index (χ4n) is 2.81. The number of hydrogen-bond donors (Lipinski definition) is 2. The maximum atomic E-state index is 12.9. The number of halogens is 1. The standard InChI is InChI=1S/C21H16ClNO3/c1-13-11-15(22)12-18(21(25)26)19(13)23-20(24)17-10-6-5-9-16(17)14-7-3-2-4-8-14/h2-12H,1H3,(H,23,24)(H,25,26). The van der Waals surface area contributed by atoms with Crippen molar-refractivity contribution in [1.29, 1.82) is 0 Å². The maximum Gasteiger partial charge on any atom is 0.337 e. The number of carboxylic acids is 1. The molecule has 0 saturated carbocycles. The first-order chi connectivity index (χ1) is 12.5. The van der Waals surface area contributed by atoms with Gasteiger partial charge in [-0.3, -0.25) is 4.79 Å². The molecule has 0 bridgehead atoms. The highest BCUT2D eigenvalue weighted by molar-refractivity contribution is 6.31. The molecular weight excluding hydrogens is 350 g/mol. The smallest absolute Gasteiger partial charge is 0.337 e. The molecule has 5 heteroatoms. The summed E-state index contributed by atoms with van der Waals surface area (Å²) in [5.74, 6) is -1.53. The molecule has 4 nitrogen and oxygen atoms in total. The normalized spacial score (nSPS) is 10.4. The molecular formula is C21H16ClNO3. The molecule has 130 valence electrons. The van der Waals surface area contributed by atoms with Crippen LogP contribution in [0.5, 0.6) is 0 Å². The van der Waals surface area contributed by atoms with Gasteiger partial charge in [0.2, 0.25) is 0 Å². The molecule has 26 heavy (non-hydrogen) atoms. The van der Waals surface area contributed by atoms with Gasteiger partial charge in [0.05, 0.1) is 11.3 Å². The van der Waals surface area contributed by atoms with E-state index < -0.39 is 5.97 Å². The monoisotopic (exact) mass is 365 g/mol. The summed E-state index contributed by atoms with van der Waals surface area (Å²) in [4.78, 5) is 24.4. The number of hydrogen-bond acceptors (Lipinski definition) is 2. The van der Waals surface area contributed by atoms with Crippen LogP contribution < -0.4 is 5.32 Å². The number of benzene rings is 3. The van der Waals surface area contributed by atoms with E-state index in [0.29, 0.717) is 16.1 Å². The van der Waals surface area contributed by atoms with E-state index in [1.54, 1.807) is 25.1 Å². The Hall–Kier alpha value is -3.11. The van der Waals surface area contributed by atoms with Crippen LogP contribution in [0.15, 0.2) is 66.7 Å². The zero-order valence-corrected chi connectivity index (χ0v) is 14.7. The molecule has 3 rings (SSSR count). The lowest BCUT2D eigenvalue weighted by molar-refractivity contribution is 0.0698. The van der Waals surface area contributed by atoms with Crippen molar-refractivity contribution in [2.75, 3.05) is 5.32 Å². The minimum Gasteiger partial charge on any atom is -0.478 e. The highest BCUT2D eigenvalue weighted by atomic mass is 35.5. The summed E-state index contributed by atoms with van der Waals surface area (Å²) in [6.07, 6.45) is 0. The Labute approximate surface area is 156 Å². The minimum absolute atomic E-state index is 0.0412. The van der Waals surface area contributed by atoms with Crippen LogP contribution >= 0.6 is 11.6 Å². The second-order valence-corrected chi connectivity index (χ2v) is 6.25. The molecule has 3 aromatic carbocycles. The van der Waals surface area contributed by atoms with Gasteiger partial charge in [0, 0.05) is 10.6 Å². The van der Waals surface area contributed by atoms with Crippen molar-refractivity contribution in [2.24, 2.45) is 0 Å². The van der Waals surface area contributed by atoms with Crippen molar-refractivity contribution >= 4 is 29.2 Å². The van der Waals surface area contributed by atoms with Crippen LogP contribution in [-0.2, 0) is 0 Å². The number of rotatable bonds is 4. The minimum atomic E-state index is -1.15. The Kier molecular flexibility index (Phi) is 5.05. The van der Waals surface area contributed by atoms with E-state index in [1.807, 2.05) is 42.5 Å². The third-order valence-electron chi connectivity index (χ3n) is 4.03. The zero-order valence-electron chi connectivity index (χ0n) is 14.0. The van der Waals surface area contributed by atoms with Crippen LogP contribution in [0.3, 0.4) is 0 Å². The third-order valence-corrected chi connectivity index (χ3v) is 4.24. The highest BCUT2D eigenvalue weighted by Crippen LogP contribution is 2.28. The SMILES string of the molecule is Cc1cc(Cl)cc(C(=O)O)c1NC(=O)c1ccccc1-c1ccccc1. The summed E-state index contributed by atoms with van der Waals surface area (Å²) in [6, 6.07) is 19.7. The van der Waals surface area contributed by atoms with Crippen molar-refractivity contribution in [2.45, 2.75) is 6.92 Å². The molecule has 1 amide bonds. The molecule has 0 aliphatic carbocycles. The van der Waals surface area contributed by atoms with Crippen molar-refractivity contribution < 1.29 is 14.7 Å². The van der Waals surface area contributed by atoms with E-state index in [4.69, 9.17) is 11.6 Å². The van der Waals surface area contributed by atoms with Crippen LogP contribution in [0.25, 0.3) is 11.1 Å². The molecule has 3 aromatic rings. The molecule has 0 aliphatic rings. The summed E-state index contributed by atoms with van der Waals surface area (Å²) in [7, 11) is 0. The largest absolute Gasteiger partial charge is 0.478 e. The molecule has 0 unspecified atom stereocenters. The molecule has 0 saturated heterocycles. The topological polar surface area (TPSA) is 66.4 Å². The van der Waals surface area contributed by atoms with Gasteiger partial charge >= 0.3 is 5.97 Å². The fraction of sp³-hybridized carbons (Fsp3) is 0.0476. The number of carbonyl (C=O) groups excluding carboxylic acids is 1. The van der Waals surface area contributed by atoms with E-state index in [9.17, 15) is 14.7 Å².